The third-order valence-corrected chi connectivity index (χ3v) is 3.95. The molecule has 0 spiro atoms. The van der Waals surface area contributed by atoms with Gasteiger partial charge in [0.25, 0.3) is 0 Å². The number of amides is 1. The number of β-amino-alcohol motifs (C(OH)–C–C–N with tert-alkyl or cyclic N) is 2. The minimum absolute atomic E-state index is 0.00435. The Morgan fingerprint density at radius 2 is 2.17 bits per heavy atom. The second-order valence-electron chi connectivity index (χ2n) is 4.66. The summed E-state index contributed by atoms with van der Waals surface area (Å²) in [4.78, 5) is 16.6. The summed E-state index contributed by atoms with van der Waals surface area (Å²) in [5.41, 5.74) is 0. The molecule has 1 amide bonds. The summed E-state index contributed by atoms with van der Waals surface area (Å²) in [6.45, 7) is 1.57. The Kier molecular flexibility index (Phi) is 4.34. The Bertz CT molecular complexity index is 386. The van der Waals surface area contributed by atoms with Gasteiger partial charge in [-0.2, -0.15) is 0 Å². The fourth-order valence-corrected chi connectivity index (χ4v) is 2.77. The summed E-state index contributed by atoms with van der Waals surface area (Å²) in [5, 5.41) is 20.8. The van der Waals surface area contributed by atoms with Crippen LogP contribution < -0.4 is 0 Å². The maximum absolute atomic E-state index is 12.0. The molecule has 0 saturated carbocycles. The minimum Gasteiger partial charge on any atom is -0.389 e. The third-order valence-electron chi connectivity index (χ3n) is 3.09. The molecule has 18 heavy (non-hydrogen) atoms. The monoisotopic (exact) mass is 270 g/mol. The van der Waals surface area contributed by atoms with Crippen LogP contribution in [0.15, 0.2) is 17.5 Å². The van der Waals surface area contributed by atoms with Crippen LogP contribution in [0.25, 0.3) is 0 Å². The fraction of sp³-hybridized carbons (Fsp3) is 0.583. The molecule has 2 atom stereocenters. The quantitative estimate of drug-likeness (QED) is 0.791. The molecule has 2 heterocycles. The summed E-state index contributed by atoms with van der Waals surface area (Å²) in [6, 6.07) is 3.96. The van der Waals surface area contributed by atoms with E-state index in [0.29, 0.717) is 19.6 Å². The molecule has 0 radical (unpaired) electrons. The first-order valence-corrected chi connectivity index (χ1v) is 6.79. The van der Waals surface area contributed by atoms with E-state index in [9.17, 15) is 15.0 Å². The molecule has 1 fully saturated rings. The summed E-state index contributed by atoms with van der Waals surface area (Å²) in [5.74, 6) is 0.00435. The van der Waals surface area contributed by atoms with Crippen molar-refractivity contribution in [2.75, 3.05) is 26.7 Å². The lowest BCUT2D eigenvalue weighted by Crippen LogP contribution is -2.37. The number of rotatable bonds is 4. The number of hydrogen-bond donors (Lipinski definition) is 2. The Labute approximate surface area is 110 Å². The highest BCUT2D eigenvalue weighted by Gasteiger charge is 2.30. The molecule has 1 saturated heterocycles. The smallest absolute Gasteiger partial charge is 0.236 e. The standard InChI is InChI=1S/C12H18N2O3S/c1-13(5-9-3-2-4-18-9)12(17)8-14-6-10(15)11(16)7-14/h2-4,10-11,15-16H,5-8H2,1H3/t10-,11+. The topological polar surface area (TPSA) is 64.0 Å². The number of aliphatic hydroxyl groups excluding tert-OH is 2. The SMILES string of the molecule is CN(Cc1cccs1)C(=O)CN1C[C@@H](O)[C@@H](O)C1. The third kappa shape index (κ3) is 3.29. The molecule has 0 aromatic carbocycles. The van der Waals surface area contributed by atoms with Gasteiger partial charge in [0.15, 0.2) is 0 Å². The predicted molar refractivity (Wildman–Crippen MR) is 69.2 cm³/mol. The fourth-order valence-electron chi connectivity index (χ4n) is 2.01. The van der Waals surface area contributed by atoms with E-state index in [1.54, 1.807) is 28.2 Å². The summed E-state index contributed by atoms with van der Waals surface area (Å²) >= 11 is 1.62. The molecular formula is C12H18N2O3S. The second kappa shape index (κ2) is 5.79. The van der Waals surface area contributed by atoms with Crippen LogP contribution in [-0.2, 0) is 11.3 Å². The number of aliphatic hydroxyl groups is 2. The normalized spacial score (nSPS) is 24.4. The van der Waals surface area contributed by atoms with E-state index in [4.69, 9.17) is 0 Å². The van der Waals surface area contributed by atoms with Gasteiger partial charge in [0.1, 0.15) is 0 Å². The highest BCUT2D eigenvalue weighted by atomic mass is 32.1. The van der Waals surface area contributed by atoms with Crippen LogP contribution in [0.3, 0.4) is 0 Å². The van der Waals surface area contributed by atoms with Gasteiger partial charge in [-0.1, -0.05) is 6.07 Å². The van der Waals surface area contributed by atoms with Crippen LogP contribution in [0.4, 0.5) is 0 Å². The maximum atomic E-state index is 12.0. The Morgan fingerprint density at radius 1 is 1.50 bits per heavy atom. The molecule has 1 aliphatic rings. The van der Waals surface area contributed by atoms with Crippen LogP contribution in [-0.4, -0.2) is 64.8 Å². The predicted octanol–water partition coefficient (Wildman–Crippen LogP) is -0.256. The highest BCUT2D eigenvalue weighted by molar-refractivity contribution is 7.09. The molecule has 2 N–H and O–H groups in total. The van der Waals surface area contributed by atoms with Gasteiger partial charge in [-0.05, 0) is 11.4 Å². The molecule has 1 aromatic rings. The van der Waals surface area contributed by atoms with Crippen molar-refractivity contribution >= 4 is 17.2 Å². The molecular weight excluding hydrogens is 252 g/mol. The van der Waals surface area contributed by atoms with Crippen LogP contribution >= 0.6 is 11.3 Å². The minimum atomic E-state index is -0.736. The van der Waals surface area contributed by atoms with Gasteiger partial charge in [-0.3, -0.25) is 9.69 Å². The van der Waals surface area contributed by atoms with E-state index < -0.39 is 12.2 Å². The van der Waals surface area contributed by atoms with Crippen molar-refractivity contribution in [2.45, 2.75) is 18.8 Å². The van der Waals surface area contributed by atoms with Crippen LogP contribution in [0.1, 0.15) is 4.88 Å². The molecule has 1 aliphatic heterocycles. The lowest BCUT2D eigenvalue weighted by molar-refractivity contribution is -0.131. The van der Waals surface area contributed by atoms with Gasteiger partial charge >= 0.3 is 0 Å². The van der Waals surface area contributed by atoms with Crippen molar-refractivity contribution < 1.29 is 15.0 Å². The van der Waals surface area contributed by atoms with E-state index >= 15 is 0 Å². The summed E-state index contributed by atoms with van der Waals surface area (Å²) in [6.07, 6.45) is -1.47. The molecule has 2 rings (SSSR count). The zero-order chi connectivity index (χ0) is 13.1. The number of carbonyl (C=O) groups excluding carboxylic acids is 1. The largest absolute Gasteiger partial charge is 0.389 e. The first-order chi connectivity index (χ1) is 8.56. The van der Waals surface area contributed by atoms with E-state index in [-0.39, 0.29) is 12.5 Å². The number of likely N-dealkylation sites (tertiary alicyclic amines) is 1. The van der Waals surface area contributed by atoms with Gasteiger partial charge in [-0.25, -0.2) is 0 Å². The Balaban J connectivity index is 1.81. The van der Waals surface area contributed by atoms with Crippen molar-refractivity contribution in [3.8, 4) is 0 Å². The molecule has 100 valence electrons. The molecule has 0 aliphatic carbocycles. The maximum Gasteiger partial charge on any atom is 0.236 e. The van der Waals surface area contributed by atoms with Crippen LogP contribution in [0.5, 0.6) is 0 Å². The lowest BCUT2D eigenvalue weighted by atomic mass is 10.3. The number of hydrogen-bond acceptors (Lipinski definition) is 5. The zero-order valence-electron chi connectivity index (χ0n) is 10.3. The number of carbonyl (C=O) groups is 1. The van der Waals surface area contributed by atoms with Crippen molar-refractivity contribution in [1.82, 2.24) is 9.80 Å². The van der Waals surface area contributed by atoms with Crippen molar-refractivity contribution in [3.63, 3.8) is 0 Å². The van der Waals surface area contributed by atoms with Crippen molar-refractivity contribution in [3.05, 3.63) is 22.4 Å². The van der Waals surface area contributed by atoms with E-state index in [0.717, 1.165) is 4.88 Å². The van der Waals surface area contributed by atoms with E-state index in [2.05, 4.69) is 0 Å². The summed E-state index contributed by atoms with van der Waals surface area (Å²) < 4.78 is 0. The van der Waals surface area contributed by atoms with Gasteiger partial charge in [-0.15, -0.1) is 11.3 Å². The van der Waals surface area contributed by atoms with Gasteiger partial charge in [0.2, 0.25) is 5.91 Å². The first-order valence-electron chi connectivity index (χ1n) is 5.91. The molecule has 0 unspecified atom stereocenters. The number of likely N-dealkylation sites (N-methyl/N-ethyl adjacent to an activating group) is 1. The molecule has 5 nitrogen and oxygen atoms in total. The highest BCUT2D eigenvalue weighted by Crippen LogP contribution is 2.13. The van der Waals surface area contributed by atoms with Crippen LogP contribution in [0.2, 0.25) is 0 Å². The van der Waals surface area contributed by atoms with E-state index in [1.165, 1.54) is 0 Å². The Hall–Kier alpha value is -0.950. The van der Waals surface area contributed by atoms with Gasteiger partial charge in [0.05, 0.1) is 25.3 Å². The van der Waals surface area contributed by atoms with Gasteiger partial charge in [0, 0.05) is 25.0 Å². The molecule has 1 aromatic heterocycles. The number of thiophene rings is 1. The molecule has 0 bridgehead atoms. The summed E-state index contributed by atoms with van der Waals surface area (Å²) in [7, 11) is 1.77. The van der Waals surface area contributed by atoms with Gasteiger partial charge < -0.3 is 15.1 Å². The average Bonchev–Trinajstić information content (AvgIpc) is 2.90. The molecule has 6 heteroatoms. The lowest BCUT2D eigenvalue weighted by Gasteiger charge is -2.20. The van der Waals surface area contributed by atoms with Crippen molar-refractivity contribution in [2.24, 2.45) is 0 Å². The second-order valence-corrected chi connectivity index (χ2v) is 5.69. The average molecular weight is 270 g/mol. The van der Waals surface area contributed by atoms with Crippen molar-refractivity contribution in [1.29, 1.82) is 0 Å². The Morgan fingerprint density at radius 3 is 2.72 bits per heavy atom. The first kappa shape index (κ1) is 13.5. The zero-order valence-corrected chi connectivity index (χ0v) is 11.1. The van der Waals surface area contributed by atoms with E-state index in [1.807, 2.05) is 17.5 Å². The van der Waals surface area contributed by atoms with Crippen LogP contribution in [0, 0.1) is 0 Å². The number of nitrogens with zero attached hydrogens (tertiary/aromatic N) is 2.